The van der Waals surface area contributed by atoms with Crippen molar-refractivity contribution in [1.82, 2.24) is 0 Å². The normalized spacial score (nSPS) is 14.3. The van der Waals surface area contributed by atoms with Crippen LogP contribution in [0.4, 0.5) is 0 Å². The molecule has 1 aromatic carbocycles. The molecule has 0 aliphatic carbocycles. The van der Waals surface area contributed by atoms with Crippen molar-refractivity contribution in [2.75, 3.05) is 7.11 Å². The Hall–Kier alpha value is -0.550. The first-order chi connectivity index (χ1) is 7.06. The highest BCUT2D eigenvalue weighted by atomic mass is 79.9. The minimum Gasteiger partial charge on any atom is -0.497 e. The molecule has 0 spiro atoms. The molecule has 0 aliphatic heterocycles. The first kappa shape index (κ1) is 12.5. The number of rotatable bonds is 4. The van der Waals surface area contributed by atoms with E-state index >= 15 is 0 Å². The number of carboxylic acids is 1. The van der Waals surface area contributed by atoms with Gasteiger partial charge in [-0.05, 0) is 17.7 Å². The topological polar surface area (TPSA) is 46.5 Å². The summed E-state index contributed by atoms with van der Waals surface area (Å²) >= 11 is 6.43. The van der Waals surface area contributed by atoms with Crippen LogP contribution in [0.25, 0.3) is 0 Å². The van der Waals surface area contributed by atoms with Crippen LogP contribution in [0.3, 0.4) is 0 Å². The van der Waals surface area contributed by atoms with Gasteiger partial charge in [0.05, 0.1) is 11.9 Å². The highest BCUT2D eigenvalue weighted by Gasteiger charge is 2.24. The summed E-state index contributed by atoms with van der Waals surface area (Å²) < 4.78 is 5.01. The molecule has 5 heteroatoms. The summed E-state index contributed by atoms with van der Waals surface area (Å²) in [5, 5.41) is 8.81. The Morgan fingerprint density at radius 3 is 2.27 bits per heavy atom. The van der Waals surface area contributed by atoms with Gasteiger partial charge in [0, 0.05) is 0 Å². The van der Waals surface area contributed by atoms with Crippen LogP contribution in [0.15, 0.2) is 24.3 Å². The molecule has 0 saturated heterocycles. The Labute approximate surface area is 105 Å². The van der Waals surface area contributed by atoms with Gasteiger partial charge < -0.3 is 9.84 Å². The first-order valence-corrected chi connectivity index (χ1v) is 6.04. The smallest absolute Gasteiger partial charge is 0.318 e. The standard InChI is InChI=1S/C10H10Br2O3/c1-15-7-4-2-6(3-5-7)8(11)9(12)10(13)14/h2-5,8-9H,1H3,(H,13,14)/t8-,9-/m0/s1. The molecule has 0 bridgehead atoms. The maximum absolute atomic E-state index is 10.7. The van der Waals surface area contributed by atoms with Gasteiger partial charge >= 0.3 is 5.97 Å². The fourth-order valence-electron chi connectivity index (χ4n) is 1.08. The van der Waals surface area contributed by atoms with Crippen molar-refractivity contribution < 1.29 is 14.6 Å². The molecule has 0 saturated carbocycles. The number of carboxylic acid groups (broad SMARTS) is 1. The second-order valence-electron chi connectivity index (χ2n) is 2.91. The van der Waals surface area contributed by atoms with Crippen molar-refractivity contribution in [2.45, 2.75) is 9.65 Å². The van der Waals surface area contributed by atoms with Crippen LogP contribution >= 0.6 is 31.9 Å². The summed E-state index contributed by atoms with van der Waals surface area (Å²) in [4.78, 5) is 9.83. The molecule has 3 nitrogen and oxygen atoms in total. The van der Waals surface area contributed by atoms with Crippen molar-refractivity contribution in [3.63, 3.8) is 0 Å². The molecule has 82 valence electrons. The summed E-state index contributed by atoms with van der Waals surface area (Å²) in [6.07, 6.45) is 0. The third kappa shape index (κ3) is 3.21. The van der Waals surface area contributed by atoms with Crippen molar-refractivity contribution in [2.24, 2.45) is 0 Å². The number of aliphatic carboxylic acids is 1. The molecule has 0 radical (unpaired) electrons. The molecule has 1 aromatic rings. The first-order valence-electron chi connectivity index (χ1n) is 4.21. The molecule has 1 N–H and O–H groups in total. The number of alkyl halides is 2. The van der Waals surface area contributed by atoms with Crippen LogP contribution in [0, 0.1) is 0 Å². The van der Waals surface area contributed by atoms with E-state index in [0.29, 0.717) is 0 Å². The number of benzene rings is 1. The third-order valence-corrected chi connectivity index (χ3v) is 4.61. The number of hydrogen-bond acceptors (Lipinski definition) is 2. The van der Waals surface area contributed by atoms with Crippen LogP contribution in [0.1, 0.15) is 10.4 Å². The number of carbonyl (C=O) groups is 1. The summed E-state index contributed by atoms with van der Waals surface area (Å²) in [6, 6.07) is 7.25. The predicted molar refractivity (Wildman–Crippen MR) is 65.0 cm³/mol. The van der Waals surface area contributed by atoms with E-state index in [9.17, 15) is 4.79 Å². The largest absolute Gasteiger partial charge is 0.497 e. The van der Waals surface area contributed by atoms with Crippen LogP contribution in [0.2, 0.25) is 0 Å². The van der Waals surface area contributed by atoms with Crippen LogP contribution in [-0.4, -0.2) is 23.0 Å². The highest BCUT2D eigenvalue weighted by molar-refractivity contribution is 9.12. The Morgan fingerprint density at radius 2 is 1.87 bits per heavy atom. The zero-order valence-electron chi connectivity index (χ0n) is 7.98. The summed E-state index contributed by atoms with van der Waals surface area (Å²) in [5.74, 6) is -0.146. The van der Waals surface area contributed by atoms with Gasteiger partial charge in [-0.1, -0.05) is 44.0 Å². The molecule has 0 aromatic heterocycles. The van der Waals surface area contributed by atoms with E-state index in [0.717, 1.165) is 11.3 Å². The molecule has 15 heavy (non-hydrogen) atoms. The van der Waals surface area contributed by atoms with Crippen molar-refractivity contribution >= 4 is 37.8 Å². The Kier molecular flexibility index (Phi) is 4.60. The fourth-order valence-corrected chi connectivity index (χ4v) is 1.92. The maximum atomic E-state index is 10.7. The van der Waals surface area contributed by atoms with E-state index in [2.05, 4.69) is 31.9 Å². The SMILES string of the molecule is COc1ccc([C@H](Br)[C@H](Br)C(=O)O)cc1. The fraction of sp³-hybridized carbons (Fsp3) is 0.300. The molecular formula is C10H10Br2O3. The average molecular weight is 338 g/mol. The lowest BCUT2D eigenvalue weighted by Crippen LogP contribution is -2.17. The summed E-state index contributed by atoms with van der Waals surface area (Å²) in [5.41, 5.74) is 0.889. The number of halogens is 2. The lowest BCUT2D eigenvalue weighted by Gasteiger charge is -2.13. The van der Waals surface area contributed by atoms with Crippen LogP contribution in [0.5, 0.6) is 5.75 Å². The number of methoxy groups -OCH3 is 1. The second kappa shape index (κ2) is 5.51. The Bertz CT molecular complexity index is 337. The van der Waals surface area contributed by atoms with Gasteiger partial charge in [-0.25, -0.2) is 0 Å². The molecular weight excluding hydrogens is 328 g/mol. The van der Waals surface area contributed by atoms with Gasteiger partial charge in [-0.15, -0.1) is 0 Å². The lowest BCUT2D eigenvalue weighted by molar-refractivity contribution is -0.136. The van der Waals surface area contributed by atoms with E-state index in [1.54, 1.807) is 19.2 Å². The van der Waals surface area contributed by atoms with Crippen molar-refractivity contribution in [3.05, 3.63) is 29.8 Å². The van der Waals surface area contributed by atoms with Gasteiger partial charge in [-0.3, -0.25) is 4.79 Å². The second-order valence-corrected chi connectivity index (χ2v) is 4.89. The summed E-state index contributed by atoms with van der Waals surface area (Å²) in [7, 11) is 1.59. The van der Waals surface area contributed by atoms with Crippen molar-refractivity contribution in [3.8, 4) is 5.75 Å². The average Bonchev–Trinajstić information content (AvgIpc) is 2.27. The molecule has 0 aliphatic rings. The Morgan fingerprint density at radius 1 is 1.33 bits per heavy atom. The molecule has 2 atom stereocenters. The van der Waals surface area contributed by atoms with Gasteiger partial charge in [0.15, 0.2) is 0 Å². The number of ether oxygens (including phenoxy) is 1. The van der Waals surface area contributed by atoms with Gasteiger partial charge in [-0.2, -0.15) is 0 Å². The van der Waals surface area contributed by atoms with Gasteiger partial charge in [0.25, 0.3) is 0 Å². The van der Waals surface area contributed by atoms with E-state index < -0.39 is 10.8 Å². The lowest BCUT2D eigenvalue weighted by atomic mass is 10.1. The predicted octanol–water partition coefficient (Wildman–Crippen LogP) is 2.98. The van der Waals surface area contributed by atoms with E-state index in [1.807, 2.05) is 12.1 Å². The van der Waals surface area contributed by atoms with Crippen molar-refractivity contribution in [1.29, 1.82) is 0 Å². The minimum atomic E-state index is -0.896. The zero-order chi connectivity index (χ0) is 11.4. The molecule has 0 fully saturated rings. The summed E-state index contributed by atoms with van der Waals surface area (Å²) in [6.45, 7) is 0. The third-order valence-electron chi connectivity index (χ3n) is 1.93. The quantitative estimate of drug-likeness (QED) is 0.859. The highest BCUT2D eigenvalue weighted by Crippen LogP contribution is 2.32. The van der Waals surface area contributed by atoms with Crippen LogP contribution < -0.4 is 4.74 Å². The van der Waals surface area contributed by atoms with Gasteiger partial charge in [0.1, 0.15) is 10.6 Å². The van der Waals surface area contributed by atoms with Gasteiger partial charge in [0.2, 0.25) is 0 Å². The van der Waals surface area contributed by atoms with E-state index in [1.165, 1.54) is 0 Å². The van der Waals surface area contributed by atoms with Crippen LogP contribution in [-0.2, 0) is 4.79 Å². The van der Waals surface area contributed by atoms with E-state index in [-0.39, 0.29) is 4.83 Å². The van der Waals surface area contributed by atoms with E-state index in [4.69, 9.17) is 9.84 Å². The zero-order valence-corrected chi connectivity index (χ0v) is 11.2. The Balaban J connectivity index is 2.82. The maximum Gasteiger partial charge on any atom is 0.318 e. The molecule has 0 heterocycles. The molecule has 0 unspecified atom stereocenters. The number of hydrogen-bond donors (Lipinski definition) is 1. The minimum absolute atomic E-state index is 0.263. The molecule has 1 rings (SSSR count). The monoisotopic (exact) mass is 336 g/mol. The molecule has 0 amide bonds.